The van der Waals surface area contributed by atoms with Crippen LogP contribution in [-0.4, -0.2) is 19.3 Å². The second kappa shape index (κ2) is 10.3. The van der Waals surface area contributed by atoms with Crippen molar-refractivity contribution in [2.24, 2.45) is 0 Å². The molecule has 0 aliphatic heterocycles. The summed E-state index contributed by atoms with van der Waals surface area (Å²) in [4.78, 5) is 17.3. The molecule has 4 rings (SSSR count). The van der Waals surface area contributed by atoms with E-state index in [9.17, 15) is 13.2 Å². The summed E-state index contributed by atoms with van der Waals surface area (Å²) in [7, 11) is -3.88. The lowest BCUT2D eigenvalue weighted by Crippen LogP contribution is -2.31. The number of hydrogen-bond acceptors (Lipinski definition) is 5. The van der Waals surface area contributed by atoms with E-state index in [2.05, 4.69) is 15.0 Å². The second-order valence-corrected chi connectivity index (χ2v) is 10.2. The number of thiazole rings is 1. The summed E-state index contributed by atoms with van der Waals surface area (Å²) in [6, 6.07) is 23.7. The van der Waals surface area contributed by atoms with Crippen LogP contribution < -0.4 is 10.0 Å². The summed E-state index contributed by atoms with van der Waals surface area (Å²) in [6.45, 7) is 0. The lowest BCUT2D eigenvalue weighted by Gasteiger charge is -2.19. The quantitative estimate of drug-likeness (QED) is 0.336. The molecule has 2 N–H and O–H groups in total. The highest BCUT2D eigenvalue weighted by molar-refractivity contribution is 7.89. The molecule has 1 heterocycles. The second-order valence-electron chi connectivity index (χ2n) is 7.19. The van der Waals surface area contributed by atoms with Crippen LogP contribution >= 0.6 is 22.9 Å². The van der Waals surface area contributed by atoms with Gasteiger partial charge in [-0.3, -0.25) is 4.79 Å². The first-order valence-electron chi connectivity index (χ1n) is 10.0. The number of aromatic nitrogens is 1. The Morgan fingerprint density at radius 2 is 1.58 bits per heavy atom. The fraction of sp³-hybridized carbons (Fsp3) is 0.0833. The van der Waals surface area contributed by atoms with Crippen molar-refractivity contribution in [3.63, 3.8) is 0 Å². The molecule has 6 nitrogen and oxygen atoms in total. The number of anilines is 1. The zero-order valence-electron chi connectivity index (χ0n) is 17.3. The van der Waals surface area contributed by atoms with Gasteiger partial charge in [-0.1, -0.05) is 72.3 Å². The van der Waals surface area contributed by atoms with Gasteiger partial charge in [-0.25, -0.2) is 18.1 Å². The molecule has 3 aromatic carbocycles. The maximum Gasteiger partial charge on any atom is 0.241 e. The molecular weight excluding hydrogens is 478 g/mol. The molecule has 1 unspecified atom stereocenters. The van der Waals surface area contributed by atoms with Crippen molar-refractivity contribution < 1.29 is 13.2 Å². The third kappa shape index (κ3) is 6.06. The van der Waals surface area contributed by atoms with E-state index in [0.29, 0.717) is 15.7 Å². The van der Waals surface area contributed by atoms with Crippen molar-refractivity contribution in [2.45, 2.75) is 17.4 Å². The molecule has 0 bridgehead atoms. The van der Waals surface area contributed by atoms with Gasteiger partial charge in [0.2, 0.25) is 15.9 Å². The van der Waals surface area contributed by atoms with Crippen LogP contribution in [-0.2, 0) is 14.8 Å². The van der Waals surface area contributed by atoms with Gasteiger partial charge >= 0.3 is 0 Å². The largest absolute Gasteiger partial charge is 0.302 e. The molecule has 0 saturated carbocycles. The first-order valence-corrected chi connectivity index (χ1v) is 12.8. The summed E-state index contributed by atoms with van der Waals surface area (Å²) in [5.74, 6) is -0.350. The molecule has 0 spiro atoms. The summed E-state index contributed by atoms with van der Waals surface area (Å²) in [5.41, 5.74) is 2.39. The Bertz CT molecular complexity index is 1330. The molecule has 1 aromatic heterocycles. The van der Waals surface area contributed by atoms with Gasteiger partial charge in [0, 0.05) is 22.4 Å². The van der Waals surface area contributed by atoms with Crippen LogP contribution in [0.3, 0.4) is 0 Å². The summed E-state index contributed by atoms with van der Waals surface area (Å²) in [5, 5.41) is 5.53. The molecule has 0 aliphatic rings. The first kappa shape index (κ1) is 23.1. The lowest BCUT2D eigenvalue weighted by molar-refractivity contribution is -0.116. The molecule has 0 fully saturated rings. The molecule has 9 heteroatoms. The van der Waals surface area contributed by atoms with Crippen LogP contribution in [0.5, 0.6) is 0 Å². The highest BCUT2D eigenvalue weighted by atomic mass is 35.5. The predicted molar refractivity (Wildman–Crippen MR) is 132 cm³/mol. The van der Waals surface area contributed by atoms with Crippen molar-refractivity contribution in [3.05, 3.63) is 101 Å². The minimum atomic E-state index is -3.88. The van der Waals surface area contributed by atoms with Gasteiger partial charge in [0.05, 0.1) is 16.6 Å². The Kier molecular flexibility index (Phi) is 7.20. The Hall–Kier alpha value is -3.04. The number of hydrogen-bond donors (Lipinski definition) is 2. The van der Waals surface area contributed by atoms with Gasteiger partial charge in [0.1, 0.15) is 0 Å². The Morgan fingerprint density at radius 3 is 2.24 bits per heavy atom. The molecule has 0 aliphatic carbocycles. The highest BCUT2D eigenvalue weighted by Gasteiger charge is 2.24. The van der Waals surface area contributed by atoms with Crippen LogP contribution in [0.15, 0.2) is 95.2 Å². The molecule has 1 atom stereocenters. The van der Waals surface area contributed by atoms with Crippen LogP contribution in [0.2, 0.25) is 5.02 Å². The molecular formula is C24H20ClN3O3S2. The Labute approximate surface area is 201 Å². The monoisotopic (exact) mass is 497 g/mol. The van der Waals surface area contributed by atoms with Gasteiger partial charge < -0.3 is 5.32 Å². The van der Waals surface area contributed by atoms with Gasteiger partial charge in [0.15, 0.2) is 5.13 Å². The van der Waals surface area contributed by atoms with Crippen LogP contribution in [0.1, 0.15) is 18.0 Å². The number of rotatable bonds is 8. The predicted octanol–water partition coefficient (Wildman–Crippen LogP) is 5.51. The van der Waals surface area contributed by atoms with E-state index in [1.807, 2.05) is 41.8 Å². The average Bonchev–Trinajstić information content (AvgIpc) is 3.28. The van der Waals surface area contributed by atoms with Gasteiger partial charge in [0.25, 0.3) is 0 Å². The third-order valence-electron chi connectivity index (χ3n) is 4.83. The van der Waals surface area contributed by atoms with Crippen molar-refractivity contribution in [3.8, 4) is 11.3 Å². The highest BCUT2D eigenvalue weighted by Crippen LogP contribution is 2.26. The molecule has 168 valence electrons. The number of amides is 1. The van der Waals surface area contributed by atoms with E-state index >= 15 is 0 Å². The SMILES string of the molecule is O=C(CC(NS(=O)(=O)c1ccc(Cl)cc1)c1ccccc1)Nc1nc(-c2ccccc2)cs1. The fourth-order valence-corrected chi connectivity index (χ4v) is 5.30. The van der Waals surface area contributed by atoms with Crippen LogP contribution in [0.25, 0.3) is 11.3 Å². The fourth-order valence-electron chi connectivity index (χ4n) is 3.21. The lowest BCUT2D eigenvalue weighted by atomic mass is 10.0. The number of carbonyl (C=O) groups is 1. The van der Waals surface area contributed by atoms with E-state index in [4.69, 9.17) is 11.6 Å². The topological polar surface area (TPSA) is 88.2 Å². The zero-order valence-corrected chi connectivity index (χ0v) is 19.7. The Morgan fingerprint density at radius 1 is 0.939 bits per heavy atom. The average molecular weight is 498 g/mol. The van der Waals surface area contributed by atoms with Gasteiger partial charge in [-0.15, -0.1) is 11.3 Å². The number of carbonyl (C=O) groups excluding carboxylic acids is 1. The smallest absolute Gasteiger partial charge is 0.241 e. The van der Waals surface area contributed by atoms with Crippen LogP contribution in [0, 0.1) is 0 Å². The van der Waals surface area contributed by atoms with Gasteiger partial charge in [-0.05, 0) is 29.8 Å². The van der Waals surface area contributed by atoms with E-state index in [0.717, 1.165) is 11.3 Å². The minimum absolute atomic E-state index is 0.0701. The summed E-state index contributed by atoms with van der Waals surface area (Å²) < 4.78 is 28.5. The molecule has 33 heavy (non-hydrogen) atoms. The number of halogens is 1. The normalized spacial score (nSPS) is 12.3. The van der Waals surface area contributed by atoms with Crippen molar-refractivity contribution in [2.75, 3.05) is 5.32 Å². The minimum Gasteiger partial charge on any atom is -0.302 e. The number of sulfonamides is 1. The van der Waals surface area contributed by atoms with Crippen molar-refractivity contribution in [1.29, 1.82) is 0 Å². The first-order chi connectivity index (χ1) is 15.9. The van der Waals surface area contributed by atoms with Crippen molar-refractivity contribution in [1.82, 2.24) is 9.71 Å². The molecule has 0 radical (unpaired) electrons. The standard InChI is InChI=1S/C24H20ClN3O3S2/c25-19-11-13-20(14-12-19)33(30,31)28-21(17-7-3-1-4-8-17)15-23(29)27-24-26-22(16-32-24)18-9-5-2-6-10-18/h1-14,16,21,28H,15H2,(H,26,27,29). The van der Waals surface area contributed by atoms with E-state index in [1.54, 1.807) is 24.3 Å². The maximum atomic E-state index is 12.9. The van der Waals surface area contributed by atoms with E-state index in [-0.39, 0.29) is 17.2 Å². The number of nitrogens with one attached hydrogen (secondary N) is 2. The molecule has 0 saturated heterocycles. The molecule has 1 amide bonds. The summed E-state index contributed by atoms with van der Waals surface area (Å²) >= 11 is 7.19. The maximum absolute atomic E-state index is 12.9. The zero-order chi connectivity index (χ0) is 23.3. The van der Waals surface area contributed by atoms with Crippen LogP contribution in [0.4, 0.5) is 5.13 Å². The Balaban J connectivity index is 1.51. The van der Waals surface area contributed by atoms with E-state index in [1.165, 1.54) is 35.6 Å². The van der Waals surface area contributed by atoms with Gasteiger partial charge in [-0.2, -0.15) is 0 Å². The molecule has 4 aromatic rings. The third-order valence-corrected chi connectivity index (χ3v) is 7.33. The van der Waals surface area contributed by atoms with E-state index < -0.39 is 16.1 Å². The summed E-state index contributed by atoms with van der Waals surface area (Å²) in [6.07, 6.45) is -0.100. The van der Waals surface area contributed by atoms with Crippen molar-refractivity contribution >= 4 is 44.0 Å². The number of benzene rings is 3. The number of nitrogens with zero attached hydrogens (tertiary/aromatic N) is 1.